The summed E-state index contributed by atoms with van der Waals surface area (Å²) < 4.78 is 0. The fourth-order valence-corrected chi connectivity index (χ4v) is 1.19. The zero-order valence-electron chi connectivity index (χ0n) is 9.95. The van der Waals surface area contributed by atoms with Crippen molar-refractivity contribution in [2.75, 3.05) is 40.3 Å². The molecule has 0 spiro atoms. The van der Waals surface area contributed by atoms with Crippen LogP contribution in [0.2, 0.25) is 0 Å². The van der Waals surface area contributed by atoms with E-state index in [9.17, 15) is 0 Å². The summed E-state index contributed by atoms with van der Waals surface area (Å²) in [5.41, 5.74) is 5.86. The van der Waals surface area contributed by atoms with E-state index in [1.807, 2.05) is 6.92 Å². The van der Waals surface area contributed by atoms with Gasteiger partial charge in [-0.1, -0.05) is 6.92 Å². The lowest BCUT2D eigenvalue weighted by Crippen LogP contribution is -2.41. The SMILES string of the molecule is CCCN(CCN(C)C)C(N)=NCC. The number of nitrogens with two attached hydrogens (primary N) is 1. The van der Waals surface area contributed by atoms with Crippen LogP contribution >= 0.6 is 0 Å². The van der Waals surface area contributed by atoms with E-state index in [0.717, 1.165) is 32.6 Å². The predicted octanol–water partition coefficient (Wildman–Crippen LogP) is 0.595. The van der Waals surface area contributed by atoms with E-state index >= 15 is 0 Å². The van der Waals surface area contributed by atoms with Gasteiger partial charge in [0, 0.05) is 26.2 Å². The third-order valence-corrected chi connectivity index (χ3v) is 1.95. The first-order chi connectivity index (χ1) is 6.61. The molecule has 0 fully saturated rings. The Kier molecular flexibility index (Phi) is 7.20. The van der Waals surface area contributed by atoms with E-state index in [0.29, 0.717) is 5.96 Å². The Balaban J connectivity index is 4.06. The van der Waals surface area contributed by atoms with Gasteiger partial charge < -0.3 is 15.5 Å². The molecule has 0 aliphatic rings. The van der Waals surface area contributed by atoms with Crippen LogP contribution < -0.4 is 5.73 Å². The molecule has 0 saturated heterocycles. The van der Waals surface area contributed by atoms with Crippen LogP contribution in [-0.4, -0.2) is 56.0 Å². The molecule has 4 heteroatoms. The molecule has 4 nitrogen and oxygen atoms in total. The monoisotopic (exact) mass is 200 g/mol. The summed E-state index contributed by atoms with van der Waals surface area (Å²) in [7, 11) is 4.13. The van der Waals surface area contributed by atoms with Gasteiger partial charge in [-0.3, -0.25) is 4.99 Å². The van der Waals surface area contributed by atoms with E-state index in [1.165, 1.54) is 0 Å². The molecular weight excluding hydrogens is 176 g/mol. The van der Waals surface area contributed by atoms with Crippen LogP contribution in [0.4, 0.5) is 0 Å². The molecule has 0 aromatic carbocycles. The summed E-state index contributed by atoms with van der Waals surface area (Å²) in [5.74, 6) is 0.677. The van der Waals surface area contributed by atoms with Crippen molar-refractivity contribution in [1.29, 1.82) is 0 Å². The highest BCUT2D eigenvalue weighted by Gasteiger charge is 2.05. The Hall–Kier alpha value is -0.770. The molecule has 84 valence electrons. The van der Waals surface area contributed by atoms with Gasteiger partial charge in [0.15, 0.2) is 5.96 Å². The molecule has 0 aliphatic heterocycles. The van der Waals surface area contributed by atoms with Crippen molar-refractivity contribution in [3.63, 3.8) is 0 Å². The summed E-state index contributed by atoms with van der Waals surface area (Å²) in [6.45, 7) is 7.87. The van der Waals surface area contributed by atoms with Crippen molar-refractivity contribution >= 4 is 5.96 Å². The first kappa shape index (κ1) is 13.2. The molecule has 0 aromatic rings. The summed E-state index contributed by atoms with van der Waals surface area (Å²) >= 11 is 0. The molecule has 0 saturated carbocycles. The van der Waals surface area contributed by atoms with E-state index < -0.39 is 0 Å². The van der Waals surface area contributed by atoms with Crippen LogP contribution in [0, 0.1) is 0 Å². The fourth-order valence-electron chi connectivity index (χ4n) is 1.19. The number of guanidine groups is 1. The maximum atomic E-state index is 5.86. The topological polar surface area (TPSA) is 44.9 Å². The van der Waals surface area contributed by atoms with Gasteiger partial charge in [-0.2, -0.15) is 0 Å². The zero-order valence-corrected chi connectivity index (χ0v) is 9.95. The summed E-state index contributed by atoms with van der Waals surface area (Å²) in [6.07, 6.45) is 1.10. The molecule has 0 aliphatic carbocycles. The number of nitrogens with zero attached hydrogens (tertiary/aromatic N) is 3. The van der Waals surface area contributed by atoms with Gasteiger partial charge in [-0.25, -0.2) is 0 Å². The molecule has 0 aromatic heterocycles. The molecule has 2 N–H and O–H groups in total. The minimum atomic E-state index is 0.677. The number of rotatable bonds is 6. The van der Waals surface area contributed by atoms with Crippen molar-refractivity contribution in [2.24, 2.45) is 10.7 Å². The molecule has 0 amide bonds. The molecule has 0 atom stereocenters. The predicted molar refractivity (Wildman–Crippen MR) is 62.6 cm³/mol. The van der Waals surface area contributed by atoms with Crippen molar-refractivity contribution in [3.8, 4) is 0 Å². The van der Waals surface area contributed by atoms with Crippen LogP contribution in [0.5, 0.6) is 0 Å². The Labute approximate surface area is 87.8 Å². The second kappa shape index (κ2) is 7.62. The minimum absolute atomic E-state index is 0.677. The quantitative estimate of drug-likeness (QED) is 0.504. The summed E-state index contributed by atoms with van der Waals surface area (Å²) in [6, 6.07) is 0. The van der Waals surface area contributed by atoms with Crippen LogP contribution in [0.3, 0.4) is 0 Å². The van der Waals surface area contributed by atoms with E-state index in [4.69, 9.17) is 5.73 Å². The molecule has 0 rings (SSSR count). The Bertz CT molecular complexity index is 166. The van der Waals surface area contributed by atoms with E-state index in [2.05, 4.69) is 35.8 Å². The Morgan fingerprint density at radius 3 is 2.21 bits per heavy atom. The molecule has 0 heterocycles. The minimum Gasteiger partial charge on any atom is -0.370 e. The second-order valence-electron chi connectivity index (χ2n) is 3.62. The van der Waals surface area contributed by atoms with Crippen LogP contribution in [0.1, 0.15) is 20.3 Å². The van der Waals surface area contributed by atoms with Gasteiger partial charge in [0.1, 0.15) is 0 Å². The molecular formula is C10H24N4. The Morgan fingerprint density at radius 1 is 1.14 bits per heavy atom. The normalized spacial score (nSPS) is 12.2. The smallest absolute Gasteiger partial charge is 0.191 e. The van der Waals surface area contributed by atoms with Crippen molar-refractivity contribution in [1.82, 2.24) is 9.80 Å². The van der Waals surface area contributed by atoms with Gasteiger partial charge in [-0.05, 0) is 27.4 Å². The maximum absolute atomic E-state index is 5.86. The molecule has 0 unspecified atom stereocenters. The van der Waals surface area contributed by atoms with Crippen LogP contribution in [-0.2, 0) is 0 Å². The number of hydrogen-bond acceptors (Lipinski definition) is 2. The highest BCUT2D eigenvalue weighted by atomic mass is 15.3. The average molecular weight is 200 g/mol. The van der Waals surface area contributed by atoms with Gasteiger partial charge >= 0.3 is 0 Å². The van der Waals surface area contributed by atoms with Gasteiger partial charge in [0.05, 0.1) is 0 Å². The fraction of sp³-hybridized carbons (Fsp3) is 0.900. The zero-order chi connectivity index (χ0) is 11.0. The lowest BCUT2D eigenvalue weighted by Gasteiger charge is -2.24. The van der Waals surface area contributed by atoms with Crippen molar-refractivity contribution < 1.29 is 0 Å². The first-order valence-electron chi connectivity index (χ1n) is 5.31. The molecule has 0 radical (unpaired) electrons. The molecule has 14 heavy (non-hydrogen) atoms. The average Bonchev–Trinajstić information content (AvgIpc) is 2.12. The first-order valence-corrected chi connectivity index (χ1v) is 5.31. The maximum Gasteiger partial charge on any atom is 0.191 e. The standard InChI is InChI=1S/C10H24N4/c1-5-7-14(9-8-13(3)4)10(11)12-6-2/h5-9H2,1-4H3,(H2,11,12). The third-order valence-electron chi connectivity index (χ3n) is 1.95. The third kappa shape index (κ3) is 5.80. The van der Waals surface area contributed by atoms with Crippen LogP contribution in [0.25, 0.3) is 0 Å². The largest absolute Gasteiger partial charge is 0.370 e. The Morgan fingerprint density at radius 2 is 1.79 bits per heavy atom. The van der Waals surface area contributed by atoms with E-state index in [-0.39, 0.29) is 0 Å². The van der Waals surface area contributed by atoms with E-state index in [1.54, 1.807) is 0 Å². The molecule has 0 bridgehead atoms. The van der Waals surface area contributed by atoms with Gasteiger partial charge in [-0.15, -0.1) is 0 Å². The van der Waals surface area contributed by atoms with Crippen molar-refractivity contribution in [2.45, 2.75) is 20.3 Å². The number of likely N-dealkylation sites (N-methyl/N-ethyl adjacent to an activating group) is 1. The summed E-state index contributed by atoms with van der Waals surface area (Å²) in [5, 5.41) is 0. The van der Waals surface area contributed by atoms with Crippen molar-refractivity contribution in [3.05, 3.63) is 0 Å². The highest BCUT2D eigenvalue weighted by molar-refractivity contribution is 5.78. The number of hydrogen-bond donors (Lipinski definition) is 1. The van der Waals surface area contributed by atoms with Crippen LogP contribution in [0.15, 0.2) is 4.99 Å². The summed E-state index contributed by atoms with van der Waals surface area (Å²) in [4.78, 5) is 8.52. The number of aliphatic imine (C=N–C) groups is 1. The second-order valence-corrected chi connectivity index (χ2v) is 3.62. The van der Waals surface area contributed by atoms with Gasteiger partial charge in [0.25, 0.3) is 0 Å². The highest BCUT2D eigenvalue weighted by Crippen LogP contribution is 1.92. The lowest BCUT2D eigenvalue weighted by molar-refractivity contribution is 0.327. The van der Waals surface area contributed by atoms with Gasteiger partial charge in [0.2, 0.25) is 0 Å². The lowest BCUT2D eigenvalue weighted by atomic mass is 10.4.